The molecule has 2 aromatic carbocycles. The van der Waals surface area contributed by atoms with E-state index in [1.54, 1.807) is 6.07 Å². The van der Waals surface area contributed by atoms with Crippen LogP contribution in [0.3, 0.4) is 0 Å². The molecule has 2 aromatic rings. The normalized spacial score (nSPS) is 15.2. The molecule has 0 atom stereocenters. The number of nitrogens with zero attached hydrogens (tertiary/aromatic N) is 2. The highest BCUT2D eigenvalue weighted by molar-refractivity contribution is 7.89. The molecule has 10 heteroatoms. The first kappa shape index (κ1) is 23.6. The highest BCUT2D eigenvalue weighted by atomic mass is 35.5. The number of hydrogen-bond acceptors (Lipinski definition) is 5. The van der Waals surface area contributed by atoms with Crippen LogP contribution in [0.2, 0.25) is 5.02 Å². The summed E-state index contributed by atoms with van der Waals surface area (Å²) in [6.45, 7) is 3.23. The van der Waals surface area contributed by atoms with Crippen LogP contribution in [0.5, 0.6) is 0 Å². The molecule has 0 aliphatic carbocycles. The molecule has 1 aliphatic rings. The maximum absolute atomic E-state index is 14.2. The van der Waals surface area contributed by atoms with Crippen LogP contribution >= 0.6 is 11.6 Å². The first-order valence-corrected chi connectivity index (χ1v) is 11.7. The molecule has 3 rings (SSSR count). The Labute approximate surface area is 186 Å². The Bertz CT molecular complexity index is 982. The number of morpholine rings is 1. The molecule has 7 nitrogen and oxygen atoms in total. The van der Waals surface area contributed by atoms with Crippen LogP contribution in [0.25, 0.3) is 0 Å². The minimum atomic E-state index is -4.05. The molecule has 0 radical (unpaired) electrons. The lowest BCUT2D eigenvalue weighted by Gasteiger charge is -2.27. The third-order valence-corrected chi connectivity index (χ3v) is 6.99. The summed E-state index contributed by atoms with van der Waals surface area (Å²) < 4.78 is 46.8. The van der Waals surface area contributed by atoms with Crippen molar-refractivity contribution in [3.63, 3.8) is 0 Å². The summed E-state index contributed by atoms with van der Waals surface area (Å²) in [5.74, 6) is -0.992. The van der Waals surface area contributed by atoms with E-state index in [2.05, 4.69) is 10.2 Å². The number of hydrogen-bond donors (Lipinski definition) is 1. The quantitative estimate of drug-likeness (QED) is 0.608. The Balaban J connectivity index is 1.71. The van der Waals surface area contributed by atoms with Gasteiger partial charge in [-0.2, -0.15) is 4.31 Å². The molecule has 1 N–H and O–H groups in total. The fraction of sp³-hybridized carbons (Fsp3) is 0.381. The summed E-state index contributed by atoms with van der Waals surface area (Å²) in [5.41, 5.74) is 0.182. The van der Waals surface area contributed by atoms with E-state index >= 15 is 0 Å². The second kappa shape index (κ2) is 11.0. The maximum Gasteiger partial charge on any atom is 0.243 e. The minimum Gasteiger partial charge on any atom is -0.379 e. The van der Waals surface area contributed by atoms with Crippen molar-refractivity contribution in [2.24, 2.45) is 0 Å². The van der Waals surface area contributed by atoms with Crippen LogP contribution in [-0.2, 0) is 26.1 Å². The third kappa shape index (κ3) is 6.72. The van der Waals surface area contributed by atoms with Crippen LogP contribution in [0, 0.1) is 5.82 Å². The highest BCUT2D eigenvalue weighted by Gasteiger charge is 2.27. The van der Waals surface area contributed by atoms with Gasteiger partial charge in [0, 0.05) is 43.3 Å². The van der Waals surface area contributed by atoms with Gasteiger partial charge in [0.25, 0.3) is 0 Å². The lowest BCUT2D eigenvalue weighted by Crippen LogP contribution is -2.44. The number of amides is 1. The Morgan fingerprint density at radius 2 is 1.81 bits per heavy atom. The van der Waals surface area contributed by atoms with Gasteiger partial charge >= 0.3 is 0 Å². The Kier molecular flexibility index (Phi) is 8.39. The predicted octanol–water partition coefficient (Wildman–Crippen LogP) is 2.12. The standard InChI is InChI=1S/C21H25ClFN3O4S/c22-18-5-7-19(8-6-18)31(28,29)26(15-17-3-1-2-4-20(17)23)16-21(27)24-9-10-25-11-13-30-14-12-25/h1-8H,9-16H2,(H,24,27). The van der Waals surface area contributed by atoms with Gasteiger partial charge < -0.3 is 10.1 Å². The lowest BCUT2D eigenvalue weighted by molar-refractivity contribution is -0.121. The largest absolute Gasteiger partial charge is 0.379 e. The fourth-order valence-electron chi connectivity index (χ4n) is 3.19. The smallest absolute Gasteiger partial charge is 0.243 e. The van der Waals surface area contributed by atoms with Crippen molar-refractivity contribution < 1.29 is 22.3 Å². The second-order valence-corrected chi connectivity index (χ2v) is 9.50. The molecule has 1 heterocycles. The molecule has 0 unspecified atom stereocenters. The number of carbonyl (C=O) groups is 1. The van der Waals surface area contributed by atoms with Gasteiger partial charge in [0.05, 0.1) is 24.7 Å². The molecule has 0 saturated carbocycles. The molecule has 0 spiro atoms. The SMILES string of the molecule is O=C(CN(Cc1ccccc1F)S(=O)(=O)c1ccc(Cl)cc1)NCCN1CCOCC1. The van der Waals surface area contributed by atoms with Crippen molar-refractivity contribution in [2.75, 3.05) is 45.9 Å². The zero-order chi connectivity index (χ0) is 22.3. The first-order valence-electron chi connectivity index (χ1n) is 9.92. The van der Waals surface area contributed by atoms with Gasteiger partial charge in [-0.25, -0.2) is 12.8 Å². The van der Waals surface area contributed by atoms with E-state index in [0.717, 1.165) is 17.4 Å². The van der Waals surface area contributed by atoms with Gasteiger partial charge in [-0.05, 0) is 30.3 Å². The van der Waals surface area contributed by atoms with Crippen molar-refractivity contribution in [1.82, 2.24) is 14.5 Å². The topological polar surface area (TPSA) is 79.0 Å². The maximum atomic E-state index is 14.2. The van der Waals surface area contributed by atoms with Crippen molar-refractivity contribution in [1.29, 1.82) is 0 Å². The highest BCUT2D eigenvalue weighted by Crippen LogP contribution is 2.21. The number of halogens is 2. The molecule has 0 aromatic heterocycles. The predicted molar refractivity (Wildman–Crippen MR) is 116 cm³/mol. The average Bonchev–Trinajstić information content (AvgIpc) is 2.76. The molecule has 1 fully saturated rings. The number of nitrogens with one attached hydrogen (secondary N) is 1. The first-order chi connectivity index (χ1) is 14.9. The molecule has 0 bridgehead atoms. The summed E-state index contributed by atoms with van der Waals surface area (Å²) in [6.07, 6.45) is 0. The molecule has 1 amide bonds. The monoisotopic (exact) mass is 469 g/mol. The van der Waals surface area contributed by atoms with E-state index in [1.807, 2.05) is 0 Å². The molecule has 31 heavy (non-hydrogen) atoms. The van der Waals surface area contributed by atoms with Crippen molar-refractivity contribution in [2.45, 2.75) is 11.4 Å². The van der Waals surface area contributed by atoms with Crippen molar-refractivity contribution in [3.8, 4) is 0 Å². The number of sulfonamides is 1. The third-order valence-electron chi connectivity index (χ3n) is 4.93. The van der Waals surface area contributed by atoms with Gasteiger partial charge in [0.1, 0.15) is 5.82 Å². The van der Waals surface area contributed by atoms with E-state index in [1.165, 1.54) is 42.5 Å². The number of rotatable bonds is 9. The van der Waals surface area contributed by atoms with Gasteiger partial charge in [0.2, 0.25) is 15.9 Å². The number of benzene rings is 2. The Morgan fingerprint density at radius 1 is 1.13 bits per heavy atom. The van der Waals surface area contributed by atoms with E-state index < -0.39 is 28.3 Å². The second-order valence-electron chi connectivity index (χ2n) is 7.12. The molecule has 1 aliphatic heterocycles. The summed E-state index contributed by atoms with van der Waals surface area (Å²) in [6, 6.07) is 11.5. The molecule has 1 saturated heterocycles. The lowest BCUT2D eigenvalue weighted by atomic mass is 10.2. The summed E-state index contributed by atoms with van der Waals surface area (Å²) in [5, 5.41) is 3.14. The Morgan fingerprint density at radius 3 is 2.48 bits per heavy atom. The van der Waals surface area contributed by atoms with Crippen molar-refractivity contribution in [3.05, 3.63) is 64.9 Å². The zero-order valence-electron chi connectivity index (χ0n) is 17.0. The summed E-state index contributed by atoms with van der Waals surface area (Å²) in [4.78, 5) is 14.7. The van der Waals surface area contributed by atoms with Crippen LogP contribution in [0.1, 0.15) is 5.56 Å². The van der Waals surface area contributed by atoms with Gasteiger partial charge in [-0.3, -0.25) is 9.69 Å². The average molecular weight is 470 g/mol. The molecular formula is C21H25ClFN3O4S. The van der Waals surface area contributed by atoms with Crippen molar-refractivity contribution >= 4 is 27.5 Å². The van der Waals surface area contributed by atoms with Crippen LogP contribution in [-0.4, -0.2) is 69.5 Å². The number of ether oxygens (including phenoxy) is 1. The number of carbonyl (C=O) groups excluding carboxylic acids is 1. The van der Waals surface area contributed by atoms with E-state index in [0.29, 0.717) is 31.3 Å². The Hall–Kier alpha value is -2.04. The molecular weight excluding hydrogens is 445 g/mol. The zero-order valence-corrected chi connectivity index (χ0v) is 18.5. The minimum absolute atomic E-state index is 0.0191. The summed E-state index contributed by atoms with van der Waals surface area (Å²) in [7, 11) is -4.05. The van der Waals surface area contributed by atoms with Crippen LogP contribution in [0.4, 0.5) is 4.39 Å². The summed E-state index contributed by atoms with van der Waals surface area (Å²) >= 11 is 5.86. The fourth-order valence-corrected chi connectivity index (χ4v) is 4.69. The van der Waals surface area contributed by atoms with Gasteiger partial charge in [-0.15, -0.1) is 0 Å². The van der Waals surface area contributed by atoms with Crippen LogP contribution in [0.15, 0.2) is 53.4 Å². The van der Waals surface area contributed by atoms with E-state index in [4.69, 9.17) is 16.3 Å². The van der Waals surface area contributed by atoms with E-state index in [-0.39, 0.29) is 17.0 Å². The van der Waals surface area contributed by atoms with Gasteiger partial charge in [-0.1, -0.05) is 29.8 Å². The molecule has 168 valence electrons. The van der Waals surface area contributed by atoms with E-state index in [9.17, 15) is 17.6 Å². The van der Waals surface area contributed by atoms with Gasteiger partial charge in [0.15, 0.2) is 0 Å². The van der Waals surface area contributed by atoms with Crippen LogP contribution < -0.4 is 5.32 Å².